The van der Waals surface area contributed by atoms with Crippen molar-refractivity contribution in [3.63, 3.8) is 0 Å². The number of aromatic hydroxyl groups is 1. The lowest BCUT2D eigenvalue weighted by molar-refractivity contribution is 0.0520. The molecule has 0 spiro atoms. The molecule has 1 aromatic heterocycles. The molecule has 0 atom stereocenters. The van der Waals surface area contributed by atoms with Crippen LogP contribution in [0.3, 0.4) is 0 Å². The van der Waals surface area contributed by atoms with Crippen molar-refractivity contribution in [2.45, 2.75) is 6.92 Å². The number of hydrogen-bond acceptors (Lipinski definition) is 6. The van der Waals surface area contributed by atoms with Gasteiger partial charge in [0.15, 0.2) is 0 Å². The maximum absolute atomic E-state index is 11.6. The molecule has 0 fully saturated rings. The van der Waals surface area contributed by atoms with E-state index in [0.717, 1.165) is 4.68 Å². The van der Waals surface area contributed by atoms with Crippen LogP contribution in [0, 0.1) is 4.91 Å². The Bertz CT molecular complexity index is 607. The molecule has 7 heteroatoms. The highest BCUT2D eigenvalue weighted by Crippen LogP contribution is 2.32. The summed E-state index contributed by atoms with van der Waals surface area (Å²) in [7, 11) is 0. The number of para-hydroxylation sites is 1. The number of nitrogens with zero attached hydrogens (tertiary/aromatic N) is 3. The van der Waals surface area contributed by atoms with Crippen molar-refractivity contribution in [2.75, 3.05) is 6.61 Å². The van der Waals surface area contributed by atoms with Gasteiger partial charge in [-0.15, -0.1) is 4.91 Å². The van der Waals surface area contributed by atoms with Gasteiger partial charge in [0.1, 0.15) is 0 Å². The van der Waals surface area contributed by atoms with Crippen LogP contribution in [-0.4, -0.2) is 27.5 Å². The number of nitroso groups, excluding NO2 is 1. The summed E-state index contributed by atoms with van der Waals surface area (Å²) in [5, 5.41) is 16.4. The molecule has 0 saturated carbocycles. The van der Waals surface area contributed by atoms with Crippen LogP contribution >= 0.6 is 0 Å². The first kappa shape index (κ1) is 12.7. The Hall–Kier alpha value is -2.70. The number of hydrogen-bond donors (Lipinski definition) is 1. The SMILES string of the molecule is CCOC(=O)c1nn(-c2ccccc2)c(O)c1N=O. The van der Waals surface area contributed by atoms with Crippen LogP contribution in [0.4, 0.5) is 5.69 Å². The molecule has 1 heterocycles. The molecule has 0 unspecified atom stereocenters. The third-order valence-electron chi connectivity index (χ3n) is 2.40. The fraction of sp³-hybridized carbons (Fsp3) is 0.167. The summed E-state index contributed by atoms with van der Waals surface area (Å²) in [6, 6.07) is 8.57. The van der Waals surface area contributed by atoms with Crippen LogP contribution < -0.4 is 0 Å². The molecule has 0 radical (unpaired) electrons. The van der Waals surface area contributed by atoms with Gasteiger partial charge in [-0.25, -0.2) is 4.79 Å². The maximum atomic E-state index is 11.6. The van der Waals surface area contributed by atoms with Gasteiger partial charge in [0.2, 0.25) is 17.3 Å². The molecular formula is C12H11N3O4. The maximum Gasteiger partial charge on any atom is 0.361 e. The van der Waals surface area contributed by atoms with Crippen LogP contribution in [0.15, 0.2) is 35.5 Å². The second-order valence-electron chi connectivity index (χ2n) is 3.58. The summed E-state index contributed by atoms with van der Waals surface area (Å²) < 4.78 is 5.81. The van der Waals surface area contributed by atoms with E-state index in [-0.39, 0.29) is 12.3 Å². The average molecular weight is 261 g/mol. The largest absolute Gasteiger partial charge is 0.492 e. The highest BCUT2D eigenvalue weighted by Gasteiger charge is 2.25. The van der Waals surface area contributed by atoms with Gasteiger partial charge in [-0.3, -0.25) is 0 Å². The van der Waals surface area contributed by atoms with Crippen LogP contribution in [0.5, 0.6) is 5.88 Å². The molecule has 0 aliphatic heterocycles. The van der Waals surface area contributed by atoms with Gasteiger partial charge in [-0.05, 0) is 24.2 Å². The van der Waals surface area contributed by atoms with E-state index in [0.29, 0.717) is 5.69 Å². The predicted octanol–water partition coefficient (Wildman–Crippen LogP) is 2.15. The summed E-state index contributed by atoms with van der Waals surface area (Å²) in [4.78, 5) is 22.3. The minimum atomic E-state index is -0.804. The number of esters is 1. The molecule has 0 aliphatic carbocycles. The zero-order valence-electron chi connectivity index (χ0n) is 10.1. The lowest BCUT2D eigenvalue weighted by Gasteiger charge is -2.01. The minimum absolute atomic E-state index is 0.135. The monoisotopic (exact) mass is 261 g/mol. The highest BCUT2D eigenvalue weighted by atomic mass is 16.5. The molecule has 1 N–H and O–H groups in total. The Morgan fingerprint density at radius 1 is 1.42 bits per heavy atom. The molecule has 0 aliphatic rings. The summed E-state index contributed by atoms with van der Waals surface area (Å²) in [5.41, 5.74) is -0.235. The summed E-state index contributed by atoms with van der Waals surface area (Å²) in [5.74, 6) is -1.30. The lowest BCUT2D eigenvalue weighted by Crippen LogP contribution is -2.06. The smallest absolute Gasteiger partial charge is 0.361 e. The van der Waals surface area contributed by atoms with Crippen LogP contribution in [0.2, 0.25) is 0 Å². The molecule has 2 aromatic rings. The van der Waals surface area contributed by atoms with E-state index in [1.54, 1.807) is 37.3 Å². The van der Waals surface area contributed by atoms with E-state index in [1.807, 2.05) is 0 Å². The lowest BCUT2D eigenvalue weighted by atomic mass is 10.3. The van der Waals surface area contributed by atoms with Crippen molar-refractivity contribution in [3.8, 4) is 11.6 Å². The molecule has 2 rings (SSSR count). The zero-order chi connectivity index (χ0) is 13.8. The fourth-order valence-corrected chi connectivity index (χ4v) is 1.57. The molecule has 19 heavy (non-hydrogen) atoms. The van der Waals surface area contributed by atoms with Gasteiger partial charge in [-0.1, -0.05) is 18.2 Å². The second-order valence-corrected chi connectivity index (χ2v) is 3.58. The number of carbonyl (C=O) groups excluding carboxylic acids is 1. The zero-order valence-corrected chi connectivity index (χ0v) is 10.1. The summed E-state index contributed by atoms with van der Waals surface area (Å²) in [6.45, 7) is 1.76. The van der Waals surface area contributed by atoms with Crippen LogP contribution in [0.25, 0.3) is 5.69 Å². The van der Waals surface area contributed by atoms with Gasteiger partial charge in [0.05, 0.1) is 12.3 Å². The van der Waals surface area contributed by atoms with Gasteiger partial charge >= 0.3 is 5.97 Å². The first-order valence-electron chi connectivity index (χ1n) is 5.57. The van der Waals surface area contributed by atoms with E-state index in [2.05, 4.69) is 10.3 Å². The third kappa shape index (κ3) is 2.30. The number of aromatic nitrogens is 2. The van der Waals surface area contributed by atoms with Gasteiger partial charge in [-0.2, -0.15) is 9.78 Å². The van der Waals surface area contributed by atoms with Gasteiger partial charge < -0.3 is 9.84 Å². The van der Waals surface area contributed by atoms with Crippen molar-refractivity contribution in [3.05, 3.63) is 40.9 Å². The van der Waals surface area contributed by atoms with E-state index in [4.69, 9.17) is 4.74 Å². The topological polar surface area (TPSA) is 93.8 Å². The highest BCUT2D eigenvalue weighted by molar-refractivity contribution is 5.94. The van der Waals surface area contributed by atoms with Crippen molar-refractivity contribution in [2.24, 2.45) is 5.18 Å². The normalized spacial score (nSPS) is 10.2. The Labute approximate surface area is 108 Å². The van der Waals surface area contributed by atoms with E-state index < -0.39 is 17.5 Å². The number of ether oxygens (including phenoxy) is 1. The van der Waals surface area contributed by atoms with E-state index in [9.17, 15) is 14.8 Å². The van der Waals surface area contributed by atoms with E-state index >= 15 is 0 Å². The van der Waals surface area contributed by atoms with Crippen molar-refractivity contribution in [1.82, 2.24) is 9.78 Å². The summed E-state index contributed by atoms with van der Waals surface area (Å²) >= 11 is 0. The second kappa shape index (κ2) is 5.30. The molecule has 0 bridgehead atoms. The Morgan fingerprint density at radius 3 is 2.68 bits per heavy atom. The van der Waals surface area contributed by atoms with Crippen molar-refractivity contribution in [1.29, 1.82) is 0 Å². The Balaban J connectivity index is 2.53. The van der Waals surface area contributed by atoms with Crippen LogP contribution in [-0.2, 0) is 4.74 Å². The molecule has 0 amide bonds. The third-order valence-corrected chi connectivity index (χ3v) is 2.40. The predicted molar refractivity (Wildman–Crippen MR) is 66.6 cm³/mol. The number of benzene rings is 1. The first-order valence-corrected chi connectivity index (χ1v) is 5.57. The number of rotatable bonds is 4. The van der Waals surface area contributed by atoms with E-state index in [1.165, 1.54) is 0 Å². The van der Waals surface area contributed by atoms with Gasteiger partial charge in [0.25, 0.3) is 0 Å². The first-order chi connectivity index (χ1) is 9.19. The Kier molecular flexibility index (Phi) is 3.56. The fourth-order valence-electron chi connectivity index (χ4n) is 1.57. The standard InChI is InChI=1S/C12H11N3O4/c1-2-19-12(17)10-9(14-18)11(16)15(13-10)8-6-4-3-5-7-8/h3-7,16H,2H2,1H3. The molecule has 0 saturated heterocycles. The average Bonchev–Trinajstić information content (AvgIpc) is 2.77. The molecule has 7 nitrogen and oxygen atoms in total. The van der Waals surface area contributed by atoms with Crippen molar-refractivity contribution >= 4 is 11.7 Å². The van der Waals surface area contributed by atoms with Gasteiger partial charge in [0, 0.05) is 0 Å². The molecule has 1 aromatic carbocycles. The quantitative estimate of drug-likeness (QED) is 0.672. The number of carbonyl (C=O) groups is 1. The molecule has 98 valence electrons. The molecular weight excluding hydrogens is 250 g/mol. The summed E-state index contributed by atoms with van der Waals surface area (Å²) in [6.07, 6.45) is 0. The van der Waals surface area contributed by atoms with Crippen molar-refractivity contribution < 1.29 is 14.6 Å². The Morgan fingerprint density at radius 2 is 2.11 bits per heavy atom. The van der Waals surface area contributed by atoms with Crippen LogP contribution in [0.1, 0.15) is 17.4 Å². The minimum Gasteiger partial charge on any atom is -0.492 e.